The Hall–Kier alpha value is -1.91. The molecule has 0 aliphatic carbocycles. The molecule has 0 saturated heterocycles. The number of carbonyl (C=O) groups is 1. The number of aliphatic carboxylic acids is 1. The minimum Gasteiger partial charge on any atom is -0.504 e. The fourth-order valence-corrected chi connectivity index (χ4v) is 2.64. The fourth-order valence-electron chi connectivity index (χ4n) is 2.21. The van der Waals surface area contributed by atoms with E-state index in [0.717, 1.165) is 0 Å². The number of hydrogen-bond donors (Lipinski definition) is 2. The number of rotatable bonds is 5. The van der Waals surface area contributed by atoms with Crippen LogP contribution >= 0.6 is 23.2 Å². The number of carboxylic acids is 1. The van der Waals surface area contributed by atoms with Crippen LogP contribution in [0.4, 0.5) is 0 Å². The van der Waals surface area contributed by atoms with E-state index in [2.05, 4.69) is 0 Å². The van der Waals surface area contributed by atoms with Gasteiger partial charge in [0.05, 0.1) is 13.0 Å². The summed E-state index contributed by atoms with van der Waals surface area (Å²) >= 11 is 12.0. The lowest BCUT2D eigenvalue weighted by Crippen LogP contribution is -2.15. The highest BCUT2D eigenvalue weighted by Crippen LogP contribution is 2.33. The molecule has 2 aromatic rings. The van der Waals surface area contributed by atoms with Crippen LogP contribution in [0.3, 0.4) is 0 Å². The molecule has 0 heterocycles. The molecule has 0 aliphatic heterocycles. The topological polar surface area (TPSA) is 66.8 Å². The number of carboxylic acid groups (broad SMARTS) is 1. The zero-order valence-corrected chi connectivity index (χ0v) is 13.2. The van der Waals surface area contributed by atoms with E-state index in [0.29, 0.717) is 26.9 Å². The molecule has 1 unspecified atom stereocenters. The number of ether oxygens (including phenoxy) is 1. The number of phenolic OH excluding ortho intramolecular Hbond substituents is 1. The van der Waals surface area contributed by atoms with Crippen molar-refractivity contribution in [2.24, 2.45) is 0 Å². The fraction of sp³-hybridized carbons (Fsp3) is 0.188. The standard InChI is InChI=1S/C16H14Cl2O4/c1-22-15-5-2-9(7-14(15)19)6-12(16(20)21)11-8-10(17)3-4-13(11)18/h2-5,7-8,12,19H,6H2,1H3,(H,20,21). The third-order valence-corrected chi connectivity index (χ3v) is 3.89. The van der Waals surface area contributed by atoms with Crippen molar-refractivity contribution >= 4 is 29.2 Å². The van der Waals surface area contributed by atoms with E-state index in [9.17, 15) is 15.0 Å². The second-order valence-corrected chi connectivity index (χ2v) is 5.61. The molecule has 0 bridgehead atoms. The summed E-state index contributed by atoms with van der Waals surface area (Å²) in [6, 6.07) is 9.49. The van der Waals surface area contributed by atoms with Crippen molar-refractivity contribution in [3.8, 4) is 11.5 Å². The molecule has 1 atom stereocenters. The lowest BCUT2D eigenvalue weighted by molar-refractivity contribution is -0.138. The van der Waals surface area contributed by atoms with Gasteiger partial charge in [0.2, 0.25) is 0 Å². The van der Waals surface area contributed by atoms with Gasteiger partial charge in [-0.2, -0.15) is 0 Å². The summed E-state index contributed by atoms with van der Waals surface area (Å²) in [5.41, 5.74) is 1.10. The molecule has 0 spiro atoms. The van der Waals surface area contributed by atoms with Crippen molar-refractivity contribution in [2.75, 3.05) is 7.11 Å². The molecule has 0 radical (unpaired) electrons. The van der Waals surface area contributed by atoms with Crippen LogP contribution in [0.5, 0.6) is 11.5 Å². The molecular weight excluding hydrogens is 327 g/mol. The Labute approximate surface area is 137 Å². The Morgan fingerprint density at radius 1 is 1.23 bits per heavy atom. The van der Waals surface area contributed by atoms with Gasteiger partial charge in [0.15, 0.2) is 11.5 Å². The first-order valence-corrected chi connectivity index (χ1v) is 7.21. The predicted octanol–water partition coefficient (Wildman–Crippen LogP) is 4.12. The normalized spacial score (nSPS) is 12.0. The number of methoxy groups -OCH3 is 1. The molecule has 2 rings (SSSR count). The average molecular weight is 341 g/mol. The van der Waals surface area contributed by atoms with Gasteiger partial charge in [-0.15, -0.1) is 0 Å². The second kappa shape index (κ2) is 6.90. The molecule has 116 valence electrons. The molecule has 6 heteroatoms. The van der Waals surface area contributed by atoms with E-state index in [1.165, 1.54) is 13.2 Å². The van der Waals surface area contributed by atoms with E-state index in [-0.39, 0.29) is 12.2 Å². The van der Waals surface area contributed by atoms with E-state index >= 15 is 0 Å². The predicted molar refractivity (Wildman–Crippen MR) is 85.2 cm³/mol. The lowest BCUT2D eigenvalue weighted by Gasteiger charge is -2.15. The Bertz CT molecular complexity index is 701. The highest BCUT2D eigenvalue weighted by atomic mass is 35.5. The smallest absolute Gasteiger partial charge is 0.311 e. The molecule has 2 aromatic carbocycles. The average Bonchev–Trinajstić information content (AvgIpc) is 2.47. The first-order chi connectivity index (χ1) is 10.4. The van der Waals surface area contributed by atoms with Crippen molar-refractivity contribution < 1.29 is 19.7 Å². The lowest BCUT2D eigenvalue weighted by atomic mass is 9.92. The van der Waals surface area contributed by atoms with Crippen LogP contribution < -0.4 is 4.74 Å². The van der Waals surface area contributed by atoms with Crippen molar-refractivity contribution in [2.45, 2.75) is 12.3 Å². The number of aromatic hydroxyl groups is 1. The number of phenols is 1. The summed E-state index contributed by atoms with van der Waals surface area (Å²) in [7, 11) is 1.44. The Morgan fingerprint density at radius 2 is 1.95 bits per heavy atom. The van der Waals surface area contributed by atoms with E-state index in [4.69, 9.17) is 27.9 Å². The zero-order chi connectivity index (χ0) is 16.3. The van der Waals surface area contributed by atoms with Crippen LogP contribution in [0.1, 0.15) is 17.0 Å². The molecule has 0 saturated carbocycles. The molecule has 2 N–H and O–H groups in total. The van der Waals surface area contributed by atoms with Crippen LogP contribution in [0.25, 0.3) is 0 Å². The monoisotopic (exact) mass is 340 g/mol. The maximum Gasteiger partial charge on any atom is 0.311 e. The summed E-state index contributed by atoms with van der Waals surface area (Å²) in [5.74, 6) is -1.59. The van der Waals surface area contributed by atoms with Crippen molar-refractivity contribution in [3.05, 3.63) is 57.6 Å². The van der Waals surface area contributed by atoms with Crippen LogP contribution in [0.2, 0.25) is 10.0 Å². The number of halogens is 2. The van der Waals surface area contributed by atoms with E-state index in [1.54, 1.807) is 30.3 Å². The Balaban J connectivity index is 2.35. The molecule has 22 heavy (non-hydrogen) atoms. The Morgan fingerprint density at radius 3 is 2.55 bits per heavy atom. The molecule has 4 nitrogen and oxygen atoms in total. The van der Waals surface area contributed by atoms with Crippen LogP contribution in [0, 0.1) is 0 Å². The van der Waals surface area contributed by atoms with Gasteiger partial charge in [-0.05, 0) is 47.9 Å². The SMILES string of the molecule is COc1ccc(CC(C(=O)O)c2cc(Cl)ccc2Cl)cc1O. The maximum absolute atomic E-state index is 11.6. The summed E-state index contributed by atoms with van der Waals surface area (Å²) in [6.45, 7) is 0. The highest BCUT2D eigenvalue weighted by Gasteiger charge is 2.23. The van der Waals surface area contributed by atoms with E-state index in [1.807, 2.05) is 0 Å². The van der Waals surface area contributed by atoms with Gasteiger partial charge in [0.1, 0.15) is 0 Å². The van der Waals surface area contributed by atoms with E-state index < -0.39 is 11.9 Å². The molecule has 0 aromatic heterocycles. The van der Waals surface area contributed by atoms with Gasteiger partial charge in [0.25, 0.3) is 0 Å². The van der Waals surface area contributed by atoms with Crippen molar-refractivity contribution in [1.82, 2.24) is 0 Å². The van der Waals surface area contributed by atoms with Gasteiger partial charge in [-0.3, -0.25) is 4.79 Å². The maximum atomic E-state index is 11.6. The Kier molecular flexibility index (Phi) is 5.16. The van der Waals surface area contributed by atoms with Gasteiger partial charge in [0, 0.05) is 10.0 Å². The minimum absolute atomic E-state index is 0.0404. The number of benzene rings is 2. The number of hydrogen-bond acceptors (Lipinski definition) is 3. The summed E-state index contributed by atoms with van der Waals surface area (Å²) < 4.78 is 4.97. The first kappa shape index (κ1) is 16.5. The van der Waals surface area contributed by atoms with Gasteiger partial charge in [-0.25, -0.2) is 0 Å². The quantitative estimate of drug-likeness (QED) is 0.859. The van der Waals surface area contributed by atoms with Gasteiger partial charge >= 0.3 is 5.97 Å². The molecular formula is C16H14Cl2O4. The molecule has 0 fully saturated rings. The zero-order valence-electron chi connectivity index (χ0n) is 11.7. The van der Waals surface area contributed by atoms with Crippen LogP contribution in [0.15, 0.2) is 36.4 Å². The summed E-state index contributed by atoms with van der Waals surface area (Å²) in [6.07, 6.45) is 0.174. The minimum atomic E-state index is -1.01. The summed E-state index contributed by atoms with van der Waals surface area (Å²) in [4.78, 5) is 11.6. The third kappa shape index (κ3) is 3.64. The van der Waals surface area contributed by atoms with Gasteiger partial charge in [-0.1, -0.05) is 29.3 Å². The van der Waals surface area contributed by atoms with Crippen LogP contribution in [-0.4, -0.2) is 23.3 Å². The summed E-state index contributed by atoms with van der Waals surface area (Å²) in [5, 5.41) is 20.0. The van der Waals surface area contributed by atoms with Crippen molar-refractivity contribution in [3.63, 3.8) is 0 Å². The molecule has 0 amide bonds. The second-order valence-electron chi connectivity index (χ2n) is 4.77. The highest BCUT2D eigenvalue weighted by molar-refractivity contribution is 6.33. The third-order valence-electron chi connectivity index (χ3n) is 3.31. The largest absolute Gasteiger partial charge is 0.504 e. The van der Waals surface area contributed by atoms with Crippen LogP contribution in [-0.2, 0) is 11.2 Å². The van der Waals surface area contributed by atoms with Crippen molar-refractivity contribution in [1.29, 1.82) is 0 Å². The molecule has 0 aliphatic rings. The van der Waals surface area contributed by atoms with Gasteiger partial charge < -0.3 is 14.9 Å². The first-order valence-electron chi connectivity index (χ1n) is 6.46.